The van der Waals surface area contributed by atoms with Crippen LogP contribution in [0.1, 0.15) is 12.0 Å². The Labute approximate surface area is 121 Å². The van der Waals surface area contributed by atoms with Crippen molar-refractivity contribution in [2.75, 3.05) is 5.32 Å². The maximum absolute atomic E-state index is 11.7. The van der Waals surface area contributed by atoms with Gasteiger partial charge in [0.05, 0.1) is 30.9 Å². The number of nitrogens with one attached hydrogen (secondary N) is 1. The number of benzene rings is 1. The summed E-state index contributed by atoms with van der Waals surface area (Å²) in [5, 5.41) is 15.3. The van der Waals surface area contributed by atoms with E-state index in [1.54, 1.807) is 10.9 Å². The Kier molecular flexibility index (Phi) is 4.68. The SMILES string of the molecule is NC(CC(=O)O)C(=O)Nc1cnn(Cc2ccccc2)c1. The second-order valence-electron chi connectivity index (χ2n) is 4.61. The van der Waals surface area contributed by atoms with Crippen LogP contribution in [-0.2, 0) is 16.1 Å². The molecule has 4 N–H and O–H groups in total. The summed E-state index contributed by atoms with van der Waals surface area (Å²) >= 11 is 0. The lowest BCUT2D eigenvalue weighted by molar-refractivity contribution is -0.138. The third kappa shape index (κ3) is 4.43. The first kappa shape index (κ1) is 14.7. The fourth-order valence-corrected chi connectivity index (χ4v) is 1.80. The van der Waals surface area contributed by atoms with E-state index < -0.39 is 24.3 Å². The lowest BCUT2D eigenvalue weighted by Crippen LogP contribution is -2.37. The summed E-state index contributed by atoms with van der Waals surface area (Å²) in [7, 11) is 0. The maximum atomic E-state index is 11.7. The Morgan fingerprint density at radius 3 is 2.71 bits per heavy atom. The Balaban J connectivity index is 1.94. The summed E-state index contributed by atoms with van der Waals surface area (Å²) in [6.07, 6.45) is 2.75. The smallest absolute Gasteiger partial charge is 0.305 e. The monoisotopic (exact) mass is 288 g/mol. The first-order chi connectivity index (χ1) is 10.0. The summed E-state index contributed by atoms with van der Waals surface area (Å²) in [6, 6.07) is 8.67. The molecule has 0 aliphatic rings. The summed E-state index contributed by atoms with van der Waals surface area (Å²) in [5.74, 6) is -1.66. The minimum Gasteiger partial charge on any atom is -0.481 e. The van der Waals surface area contributed by atoms with Crippen LogP contribution in [0, 0.1) is 0 Å². The molecule has 7 nitrogen and oxygen atoms in total. The van der Waals surface area contributed by atoms with Gasteiger partial charge in [0, 0.05) is 6.20 Å². The molecule has 0 bridgehead atoms. The quantitative estimate of drug-likeness (QED) is 0.723. The normalized spacial score (nSPS) is 11.9. The number of anilines is 1. The van der Waals surface area contributed by atoms with E-state index in [0.29, 0.717) is 12.2 Å². The number of carboxylic acids is 1. The van der Waals surface area contributed by atoms with Crippen molar-refractivity contribution in [2.45, 2.75) is 19.0 Å². The van der Waals surface area contributed by atoms with Crippen LogP contribution in [0.25, 0.3) is 0 Å². The molecule has 1 aromatic heterocycles. The van der Waals surface area contributed by atoms with E-state index in [2.05, 4.69) is 10.4 Å². The molecule has 0 aliphatic carbocycles. The van der Waals surface area contributed by atoms with Gasteiger partial charge in [-0.2, -0.15) is 5.10 Å². The van der Waals surface area contributed by atoms with E-state index in [1.165, 1.54) is 6.20 Å². The third-order valence-electron chi connectivity index (χ3n) is 2.82. The van der Waals surface area contributed by atoms with Gasteiger partial charge in [0.15, 0.2) is 0 Å². The topological polar surface area (TPSA) is 110 Å². The van der Waals surface area contributed by atoms with Crippen LogP contribution >= 0.6 is 0 Å². The number of aliphatic carboxylic acids is 1. The Bertz CT molecular complexity index is 624. The molecule has 1 heterocycles. The summed E-state index contributed by atoms with van der Waals surface area (Å²) in [5.41, 5.74) is 7.04. The summed E-state index contributed by atoms with van der Waals surface area (Å²) < 4.78 is 1.67. The number of carboxylic acid groups (broad SMARTS) is 1. The predicted octanol–water partition coefficient (Wildman–Crippen LogP) is 0.672. The van der Waals surface area contributed by atoms with Gasteiger partial charge < -0.3 is 16.2 Å². The molecule has 1 unspecified atom stereocenters. The Morgan fingerprint density at radius 1 is 1.33 bits per heavy atom. The largest absolute Gasteiger partial charge is 0.481 e. The molecule has 21 heavy (non-hydrogen) atoms. The van der Waals surface area contributed by atoms with E-state index in [9.17, 15) is 9.59 Å². The number of nitrogens with two attached hydrogens (primary N) is 1. The van der Waals surface area contributed by atoms with Crippen molar-refractivity contribution < 1.29 is 14.7 Å². The zero-order valence-corrected chi connectivity index (χ0v) is 11.3. The molecule has 1 amide bonds. The van der Waals surface area contributed by atoms with Crippen LogP contribution in [0.2, 0.25) is 0 Å². The molecular formula is C14H16N4O3. The highest BCUT2D eigenvalue weighted by molar-refractivity contribution is 5.96. The zero-order valence-electron chi connectivity index (χ0n) is 11.3. The van der Waals surface area contributed by atoms with E-state index in [1.807, 2.05) is 30.3 Å². The first-order valence-electron chi connectivity index (χ1n) is 6.39. The highest BCUT2D eigenvalue weighted by Gasteiger charge is 2.17. The van der Waals surface area contributed by atoms with E-state index in [-0.39, 0.29) is 0 Å². The Morgan fingerprint density at radius 2 is 2.05 bits per heavy atom. The van der Waals surface area contributed by atoms with Gasteiger partial charge in [0.25, 0.3) is 0 Å². The fraction of sp³-hybridized carbons (Fsp3) is 0.214. The van der Waals surface area contributed by atoms with Crippen LogP contribution in [0.3, 0.4) is 0 Å². The van der Waals surface area contributed by atoms with Gasteiger partial charge in [-0.25, -0.2) is 0 Å². The molecule has 0 radical (unpaired) electrons. The molecule has 110 valence electrons. The van der Waals surface area contributed by atoms with Gasteiger partial charge in [0.1, 0.15) is 0 Å². The molecule has 0 saturated carbocycles. The van der Waals surface area contributed by atoms with Gasteiger partial charge in [0.2, 0.25) is 5.91 Å². The van der Waals surface area contributed by atoms with Crippen molar-refractivity contribution in [3.05, 3.63) is 48.3 Å². The van der Waals surface area contributed by atoms with Gasteiger partial charge in [-0.1, -0.05) is 30.3 Å². The van der Waals surface area contributed by atoms with Gasteiger partial charge >= 0.3 is 5.97 Å². The number of rotatable bonds is 6. The second-order valence-corrected chi connectivity index (χ2v) is 4.61. The molecule has 2 rings (SSSR count). The van der Waals surface area contributed by atoms with E-state index >= 15 is 0 Å². The average molecular weight is 288 g/mol. The van der Waals surface area contributed by atoms with Crippen molar-refractivity contribution in [2.24, 2.45) is 5.73 Å². The van der Waals surface area contributed by atoms with E-state index in [4.69, 9.17) is 10.8 Å². The van der Waals surface area contributed by atoms with Crippen molar-refractivity contribution in [1.29, 1.82) is 0 Å². The molecule has 7 heteroatoms. The number of hydrogen-bond donors (Lipinski definition) is 3. The minimum absolute atomic E-state index is 0.413. The van der Waals surface area contributed by atoms with Gasteiger partial charge in [-0.05, 0) is 5.56 Å². The second kappa shape index (κ2) is 6.67. The molecule has 0 aliphatic heterocycles. The van der Waals surface area contributed by atoms with Crippen LogP contribution in [-0.4, -0.2) is 32.8 Å². The average Bonchev–Trinajstić information content (AvgIpc) is 2.86. The standard InChI is InChI=1S/C14H16N4O3/c15-12(6-13(19)20)14(21)17-11-7-16-18(9-11)8-10-4-2-1-3-5-10/h1-5,7,9,12H,6,8,15H2,(H,17,21)(H,19,20). The number of aromatic nitrogens is 2. The lowest BCUT2D eigenvalue weighted by Gasteiger charge is -2.08. The lowest BCUT2D eigenvalue weighted by atomic mass is 10.2. The van der Waals surface area contributed by atoms with Crippen molar-refractivity contribution in [1.82, 2.24) is 9.78 Å². The number of amides is 1. The molecule has 1 aromatic carbocycles. The molecule has 0 spiro atoms. The van der Waals surface area contributed by atoms with E-state index in [0.717, 1.165) is 5.56 Å². The van der Waals surface area contributed by atoms with Crippen molar-refractivity contribution in [3.63, 3.8) is 0 Å². The molecule has 2 aromatic rings. The number of hydrogen-bond acceptors (Lipinski definition) is 4. The predicted molar refractivity (Wildman–Crippen MR) is 76.6 cm³/mol. The highest BCUT2D eigenvalue weighted by Crippen LogP contribution is 2.08. The molecule has 1 atom stereocenters. The fourth-order valence-electron chi connectivity index (χ4n) is 1.80. The van der Waals surface area contributed by atoms with Crippen LogP contribution < -0.4 is 11.1 Å². The van der Waals surface area contributed by atoms with Crippen molar-refractivity contribution in [3.8, 4) is 0 Å². The van der Waals surface area contributed by atoms with Gasteiger partial charge in [-0.15, -0.1) is 0 Å². The van der Waals surface area contributed by atoms with Crippen LogP contribution in [0.4, 0.5) is 5.69 Å². The molecular weight excluding hydrogens is 272 g/mol. The summed E-state index contributed by atoms with van der Waals surface area (Å²) in [4.78, 5) is 22.2. The molecule has 0 fully saturated rings. The maximum Gasteiger partial charge on any atom is 0.305 e. The third-order valence-corrected chi connectivity index (χ3v) is 2.82. The minimum atomic E-state index is -1.11. The van der Waals surface area contributed by atoms with Crippen molar-refractivity contribution >= 4 is 17.6 Å². The number of carbonyl (C=O) groups is 2. The first-order valence-corrected chi connectivity index (χ1v) is 6.39. The summed E-state index contributed by atoms with van der Waals surface area (Å²) in [6.45, 7) is 0.581. The zero-order chi connectivity index (χ0) is 15.2. The van der Waals surface area contributed by atoms with Gasteiger partial charge in [-0.3, -0.25) is 14.3 Å². The van der Waals surface area contributed by atoms with Crippen LogP contribution in [0.5, 0.6) is 0 Å². The Hall–Kier alpha value is -2.67. The number of carbonyl (C=O) groups excluding carboxylic acids is 1. The van der Waals surface area contributed by atoms with Crippen LogP contribution in [0.15, 0.2) is 42.7 Å². The highest BCUT2D eigenvalue weighted by atomic mass is 16.4. The molecule has 0 saturated heterocycles. The number of nitrogens with zero attached hydrogens (tertiary/aromatic N) is 2.